The van der Waals surface area contributed by atoms with E-state index >= 15 is 0 Å². The first-order chi connectivity index (χ1) is 7.08. The van der Waals surface area contributed by atoms with Crippen molar-refractivity contribution in [1.29, 1.82) is 0 Å². The van der Waals surface area contributed by atoms with Crippen LogP contribution in [0.15, 0.2) is 0 Å². The highest BCUT2D eigenvalue weighted by atomic mass is 19.1. The largest absolute Gasteiger partial charge is 0.351 e. The molecule has 3 atom stereocenters. The Labute approximate surface area is 87.8 Å². The molecular formula is C10H15FN2O2. The lowest BCUT2D eigenvalue weighted by molar-refractivity contribution is -0.136. The molecule has 2 fully saturated rings. The molecular weight excluding hydrogens is 199 g/mol. The highest BCUT2D eigenvalue weighted by Gasteiger charge is 2.40. The molecule has 1 saturated heterocycles. The third-order valence-electron chi connectivity index (χ3n) is 3.21. The van der Waals surface area contributed by atoms with Crippen LogP contribution in [-0.2, 0) is 9.59 Å². The molecule has 1 aliphatic carbocycles. The summed E-state index contributed by atoms with van der Waals surface area (Å²) in [6.07, 6.45) is 0.350. The lowest BCUT2D eigenvalue weighted by Crippen LogP contribution is -2.45. The highest BCUT2D eigenvalue weighted by Crippen LogP contribution is 2.29. The van der Waals surface area contributed by atoms with Crippen LogP contribution in [0.2, 0.25) is 0 Å². The molecule has 0 spiro atoms. The lowest BCUT2D eigenvalue weighted by atomic mass is 9.83. The van der Waals surface area contributed by atoms with Crippen LogP contribution in [-0.4, -0.2) is 42.5 Å². The van der Waals surface area contributed by atoms with Gasteiger partial charge in [0, 0.05) is 13.1 Å². The summed E-state index contributed by atoms with van der Waals surface area (Å²) in [5.74, 6) is -0.624. The summed E-state index contributed by atoms with van der Waals surface area (Å²) in [6, 6.07) is -0.165. The molecule has 1 N–H and O–H groups in total. The molecule has 4 nitrogen and oxygen atoms in total. The SMILES string of the molecule is CN1CC(=O)NC2CCC(F)CC2C1=O. The third kappa shape index (κ3) is 1.96. The summed E-state index contributed by atoms with van der Waals surface area (Å²) < 4.78 is 13.2. The van der Waals surface area contributed by atoms with E-state index in [0.29, 0.717) is 12.8 Å². The van der Waals surface area contributed by atoms with E-state index in [1.165, 1.54) is 4.90 Å². The predicted molar refractivity (Wildman–Crippen MR) is 51.8 cm³/mol. The minimum atomic E-state index is -0.904. The van der Waals surface area contributed by atoms with Gasteiger partial charge in [-0.1, -0.05) is 0 Å². The first-order valence-corrected chi connectivity index (χ1v) is 5.26. The second-order valence-corrected chi connectivity index (χ2v) is 4.39. The van der Waals surface area contributed by atoms with Crippen molar-refractivity contribution in [3.8, 4) is 0 Å². The van der Waals surface area contributed by atoms with Crippen molar-refractivity contribution in [1.82, 2.24) is 10.2 Å². The van der Waals surface area contributed by atoms with Crippen molar-refractivity contribution >= 4 is 11.8 Å². The van der Waals surface area contributed by atoms with Crippen molar-refractivity contribution in [3.63, 3.8) is 0 Å². The van der Waals surface area contributed by atoms with Crippen molar-refractivity contribution in [2.45, 2.75) is 31.5 Å². The second-order valence-electron chi connectivity index (χ2n) is 4.39. The number of hydrogen-bond donors (Lipinski definition) is 1. The molecule has 2 rings (SSSR count). The van der Waals surface area contributed by atoms with Gasteiger partial charge in [0.2, 0.25) is 11.8 Å². The molecule has 0 aromatic rings. The Morgan fingerprint density at radius 2 is 2.13 bits per heavy atom. The van der Waals surface area contributed by atoms with E-state index in [0.717, 1.165) is 0 Å². The van der Waals surface area contributed by atoms with Gasteiger partial charge in [0.05, 0.1) is 12.5 Å². The summed E-state index contributed by atoms with van der Waals surface area (Å²) in [5, 5.41) is 2.79. The predicted octanol–water partition coefficient (Wildman–Crippen LogP) is 0.0814. The van der Waals surface area contributed by atoms with Crippen LogP contribution < -0.4 is 5.32 Å². The van der Waals surface area contributed by atoms with Gasteiger partial charge in [-0.3, -0.25) is 9.59 Å². The molecule has 1 heterocycles. The number of rotatable bonds is 0. The van der Waals surface area contributed by atoms with Crippen molar-refractivity contribution in [2.24, 2.45) is 5.92 Å². The average Bonchev–Trinajstić information content (AvgIpc) is 2.27. The van der Waals surface area contributed by atoms with Crippen LogP contribution in [0.4, 0.5) is 4.39 Å². The van der Waals surface area contributed by atoms with Gasteiger partial charge in [0.1, 0.15) is 6.17 Å². The number of carbonyl (C=O) groups excluding carboxylic acids is 2. The van der Waals surface area contributed by atoms with Crippen LogP contribution in [0.25, 0.3) is 0 Å². The van der Waals surface area contributed by atoms with Gasteiger partial charge in [0.15, 0.2) is 0 Å². The van der Waals surface area contributed by atoms with Crippen molar-refractivity contribution in [3.05, 3.63) is 0 Å². The fraction of sp³-hybridized carbons (Fsp3) is 0.800. The molecule has 2 amide bonds. The number of amides is 2. The fourth-order valence-electron chi connectivity index (χ4n) is 2.39. The molecule has 0 radical (unpaired) electrons. The first kappa shape index (κ1) is 10.4. The van der Waals surface area contributed by atoms with E-state index in [1.54, 1.807) is 7.05 Å². The molecule has 15 heavy (non-hydrogen) atoms. The summed E-state index contributed by atoms with van der Waals surface area (Å²) in [4.78, 5) is 24.6. The Hall–Kier alpha value is -1.13. The number of nitrogens with zero attached hydrogens (tertiary/aromatic N) is 1. The van der Waals surface area contributed by atoms with Crippen molar-refractivity contribution in [2.75, 3.05) is 13.6 Å². The average molecular weight is 214 g/mol. The highest BCUT2D eigenvalue weighted by molar-refractivity contribution is 5.89. The smallest absolute Gasteiger partial charge is 0.239 e. The number of fused-ring (bicyclic) bond motifs is 1. The van der Waals surface area contributed by atoms with E-state index in [4.69, 9.17) is 0 Å². The van der Waals surface area contributed by atoms with E-state index in [9.17, 15) is 14.0 Å². The van der Waals surface area contributed by atoms with Gasteiger partial charge >= 0.3 is 0 Å². The maximum atomic E-state index is 13.2. The van der Waals surface area contributed by atoms with Gasteiger partial charge < -0.3 is 10.2 Å². The summed E-state index contributed by atoms with van der Waals surface area (Å²) in [7, 11) is 1.59. The zero-order chi connectivity index (χ0) is 11.0. The molecule has 84 valence electrons. The van der Waals surface area contributed by atoms with Crippen molar-refractivity contribution < 1.29 is 14.0 Å². The van der Waals surface area contributed by atoms with Gasteiger partial charge in [-0.25, -0.2) is 4.39 Å². The Morgan fingerprint density at radius 3 is 2.87 bits per heavy atom. The number of alkyl halides is 1. The normalized spacial score (nSPS) is 36.9. The molecule has 1 saturated carbocycles. The van der Waals surface area contributed by atoms with Gasteiger partial charge in [0.25, 0.3) is 0 Å². The van der Waals surface area contributed by atoms with E-state index < -0.39 is 6.17 Å². The molecule has 0 bridgehead atoms. The van der Waals surface area contributed by atoms with Crippen LogP contribution in [0.3, 0.4) is 0 Å². The quantitative estimate of drug-likeness (QED) is 0.621. The lowest BCUT2D eigenvalue weighted by Gasteiger charge is -2.31. The van der Waals surface area contributed by atoms with Gasteiger partial charge in [-0.05, 0) is 19.3 Å². The maximum Gasteiger partial charge on any atom is 0.239 e. The standard InChI is InChI=1S/C10H15FN2O2/c1-13-5-9(14)12-8-3-2-6(11)4-7(8)10(13)15/h6-8H,2-5H2,1H3,(H,12,14). The number of nitrogens with one attached hydrogen (secondary N) is 1. The Balaban J connectivity index is 2.19. The van der Waals surface area contributed by atoms with Crippen LogP contribution in [0.5, 0.6) is 0 Å². The van der Waals surface area contributed by atoms with Crippen LogP contribution >= 0.6 is 0 Å². The zero-order valence-electron chi connectivity index (χ0n) is 8.70. The first-order valence-electron chi connectivity index (χ1n) is 5.26. The molecule has 0 aromatic heterocycles. The number of carbonyl (C=O) groups is 2. The molecule has 0 aromatic carbocycles. The number of halogens is 1. The Morgan fingerprint density at radius 1 is 1.40 bits per heavy atom. The topological polar surface area (TPSA) is 49.4 Å². The summed E-state index contributed by atoms with van der Waals surface area (Å²) in [5.41, 5.74) is 0. The second kappa shape index (κ2) is 3.79. The Bertz CT molecular complexity index is 295. The summed E-state index contributed by atoms with van der Waals surface area (Å²) in [6.45, 7) is 0.0861. The Kier molecular flexibility index (Phi) is 2.63. The maximum absolute atomic E-state index is 13.2. The van der Waals surface area contributed by atoms with Crippen LogP contribution in [0, 0.1) is 5.92 Å². The zero-order valence-corrected chi connectivity index (χ0v) is 8.70. The van der Waals surface area contributed by atoms with E-state index in [1.807, 2.05) is 0 Å². The van der Waals surface area contributed by atoms with Crippen LogP contribution in [0.1, 0.15) is 19.3 Å². The fourth-order valence-corrected chi connectivity index (χ4v) is 2.39. The summed E-state index contributed by atoms with van der Waals surface area (Å²) >= 11 is 0. The third-order valence-corrected chi connectivity index (χ3v) is 3.21. The molecule has 2 aliphatic rings. The number of hydrogen-bond acceptors (Lipinski definition) is 2. The van der Waals surface area contributed by atoms with E-state index in [2.05, 4.69) is 5.32 Å². The monoisotopic (exact) mass is 214 g/mol. The minimum absolute atomic E-state index is 0.0861. The van der Waals surface area contributed by atoms with E-state index in [-0.39, 0.29) is 36.7 Å². The van der Waals surface area contributed by atoms with Gasteiger partial charge in [-0.15, -0.1) is 0 Å². The molecule has 3 unspecified atom stereocenters. The molecule has 1 aliphatic heterocycles. The number of likely N-dealkylation sites (N-methyl/N-ethyl adjacent to an activating group) is 1. The minimum Gasteiger partial charge on any atom is -0.351 e. The molecule has 5 heteroatoms. The van der Waals surface area contributed by atoms with Gasteiger partial charge in [-0.2, -0.15) is 0 Å².